The number of carboxylic acid groups (broad SMARTS) is 1. The van der Waals surface area contributed by atoms with Crippen LogP contribution in [0.1, 0.15) is 31.7 Å². The molecule has 138 valence electrons. The molecule has 1 atom stereocenters. The second kappa shape index (κ2) is 9.06. The van der Waals surface area contributed by atoms with Crippen molar-refractivity contribution in [3.63, 3.8) is 0 Å². The predicted molar refractivity (Wildman–Crippen MR) is 99.3 cm³/mol. The molecule has 1 aromatic rings. The van der Waals surface area contributed by atoms with Gasteiger partial charge in [-0.2, -0.15) is 0 Å². The Bertz CT molecular complexity index is 624. The number of likely N-dealkylation sites (N-methyl/N-ethyl adjacent to an activating group) is 1. The number of aliphatic carboxylic acids is 1. The Kier molecular flexibility index (Phi) is 7.08. The number of nitrogens with one attached hydrogen (secondary N) is 1. The van der Waals surface area contributed by atoms with E-state index in [1.54, 1.807) is 11.0 Å². The van der Waals surface area contributed by atoms with Crippen LogP contribution in [-0.2, 0) is 11.2 Å². The van der Waals surface area contributed by atoms with Crippen molar-refractivity contribution in [2.45, 2.75) is 38.6 Å². The van der Waals surface area contributed by atoms with Gasteiger partial charge in [-0.15, -0.1) is 0 Å². The number of hydrogen-bond donors (Lipinski definition) is 2. The highest BCUT2D eigenvalue weighted by Crippen LogP contribution is 2.22. The van der Waals surface area contributed by atoms with Crippen LogP contribution in [0.25, 0.3) is 0 Å². The van der Waals surface area contributed by atoms with Crippen molar-refractivity contribution >= 4 is 29.3 Å². The number of urea groups is 1. The molecule has 0 bridgehead atoms. The smallest absolute Gasteiger partial charge is 0.321 e. The number of aryl methyl sites for hydroxylation is 1. The highest BCUT2D eigenvalue weighted by Gasteiger charge is 2.24. The van der Waals surface area contributed by atoms with Gasteiger partial charge in [-0.1, -0.05) is 24.6 Å². The summed E-state index contributed by atoms with van der Waals surface area (Å²) in [5, 5.41) is 12.5. The van der Waals surface area contributed by atoms with E-state index in [-0.39, 0.29) is 18.6 Å². The normalized spacial score (nSPS) is 18.1. The molecule has 2 N–H and O–H groups in total. The maximum Gasteiger partial charge on any atom is 0.321 e. The van der Waals surface area contributed by atoms with Gasteiger partial charge in [-0.3, -0.25) is 9.69 Å². The van der Waals surface area contributed by atoms with Crippen LogP contribution < -0.4 is 5.32 Å². The fourth-order valence-electron chi connectivity index (χ4n) is 3.18. The van der Waals surface area contributed by atoms with Crippen LogP contribution in [0.5, 0.6) is 0 Å². The molecule has 0 spiro atoms. The van der Waals surface area contributed by atoms with Gasteiger partial charge in [-0.05, 0) is 50.4 Å². The summed E-state index contributed by atoms with van der Waals surface area (Å²) in [6.45, 7) is 3.35. The molecule has 6 nitrogen and oxygen atoms in total. The second-order valence-electron chi connectivity index (χ2n) is 6.47. The number of benzene rings is 1. The molecule has 0 saturated carbocycles. The number of halogens is 1. The Labute approximate surface area is 153 Å². The zero-order valence-electron chi connectivity index (χ0n) is 14.8. The van der Waals surface area contributed by atoms with E-state index in [0.29, 0.717) is 23.8 Å². The monoisotopic (exact) mass is 367 g/mol. The first-order chi connectivity index (χ1) is 11.9. The lowest BCUT2D eigenvalue weighted by atomic mass is 10.1. The van der Waals surface area contributed by atoms with Gasteiger partial charge in [0, 0.05) is 29.8 Å². The molecule has 7 heteroatoms. The molecule has 0 aliphatic carbocycles. The number of carbonyl (C=O) groups excluding carboxylic acids is 1. The van der Waals surface area contributed by atoms with Gasteiger partial charge in [0.1, 0.15) is 0 Å². The number of amides is 2. The molecule has 0 aromatic heterocycles. The molecule has 1 fully saturated rings. The molecule has 2 amide bonds. The predicted octanol–water partition coefficient (Wildman–Crippen LogP) is 3.31. The topological polar surface area (TPSA) is 72.9 Å². The number of anilines is 1. The summed E-state index contributed by atoms with van der Waals surface area (Å²) >= 11 is 6.20. The number of rotatable bonds is 5. The average Bonchev–Trinajstić information content (AvgIpc) is 2.80. The molecule has 1 heterocycles. The minimum atomic E-state index is -0.825. The maximum absolute atomic E-state index is 12.5. The Hall–Kier alpha value is -1.79. The van der Waals surface area contributed by atoms with E-state index in [0.717, 1.165) is 31.2 Å². The Morgan fingerprint density at radius 2 is 2.12 bits per heavy atom. The first-order valence-corrected chi connectivity index (χ1v) is 9.05. The molecule has 25 heavy (non-hydrogen) atoms. The Balaban J connectivity index is 1.92. The maximum atomic E-state index is 12.5. The van der Waals surface area contributed by atoms with Gasteiger partial charge in [0.25, 0.3) is 0 Å². The molecule has 0 radical (unpaired) electrons. The number of carboxylic acids is 1. The SMILES string of the molecule is CCc1ccc(NC(=O)N2CCCC(N(C)CC(=O)O)CC2)cc1Cl. The zero-order valence-corrected chi connectivity index (χ0v) is 15.6. The van der Waals surface area contributed by atoms with Gasteiger partial charge in [0.2, 0.25) is 0 Å². The summed E-state index contributed by atoms with van der Waals surface area (Å²) in [4.78, 5) is 27.0. The first kappa shape index (κ1) is 19.5. The van der Waals surface area contributed by atoms with E-state index in [9.17, 15) is 9.59 Å². The standard InChI is InChI=1S/C18H26ClN3O3/c1-3-13-6-7-14(11-16(13)19)20-18(25)22-9-4-5-15(8-10-22)21(2)12-17(23)24/h6-7,11,15H,3-5,8-10,12H2,1-2H3,(H,20,25)(H,23,24). The van der Waals surface area contributed by atoms with E-state index in [4.69, 9.17) is 16.7 Å². The van der Waals surface area contributed by atoms with Gasteiger partial charge < -0.3 is 15.3 Å². The fraction of sp³-hybridized carbons (Fsp3) is 0.556. The molecule has 1 saturated heterocycles. The number of carbonyl (C=O) groups is 2. The highest BCUT2D eigenvalue weighted by atomic mass is 35.5. The van der Waals surface area contributed by atoms with Crippen molar-refractivity contribution in [3.05, 3.63) is 28.8 Å². The Morgan fingerprint density at radius 1 is 1.36 bits per heavy atom. The van der Waals surface area contributed by atoms with Crippen molar-refractivity contribution in [2.75, 3.05) is 32.0 Å². The van der Waals surface area contributed by atoms with Crippen LogP contribution in [0.3, 0.4) is 0 Å². The summed E-state index contributed by atoms with van der Waals surface area (Å²) in [6, 6.07) is 5.62. The largest absolute Gasteiger partial charge is 0.480 e. The zero-order chi connectivity index (χ0) is 18.4. The van der Waals surface area contributed by atoms with E-state index < -0.39 is 5.97 Å². The van der Waals surface area contributed by atoms with Crippen molar-refractivity contribution in [2.24, 2.45) is 0 Å². The van der Waals surface area contributed by atoms with E-state index >= 15 is 0 Å². The summed E-state index contributed by atoms with van der Waals surface area (Å²) < 4.78 is 0. The summed E-state index contributed by atoms with van der Waals surface area (Å²) in [6.07, 6.45) is 3.37. The Morgan fingerprint density at radius 3 is 2.76 bits per heavy atom. The molecule has 1 aromatic carbocycles. The number of hydrogen-bond acceptors (Lipinski definition) is 3. The molecular formula is C18H26ClN3O3. The van der Waals surface area contributed by atoms with Crippen molar-refractivity contribution in [3.8, 4) is 0 Å². The van der Waals surface area contributed by atoms with E-state index in [1.807, 2.05) is 31.0 Å². The van der Waals surface area contributed by atoms with Crippen LogP contribution in [0.4, 0.5) is 10.5 Å². The third-order valence-electron chi connectivity index (χ3n) is 4.68. The summed E-state index contributed by atoms with van der Waals surface area (Å²) in [7, 11) is 1.83. The van der Waals surface area contributed by atoms with Crippen LogP contribution in [-0.4, -0.2) is 59.6 Å². The van der Waals surface area contributed by atoms with Gasteiger partial charge in [0.05, 0.1) is 6.54 Å². The van der Waals surface area contributed by atoms with Crippen molar-refractivity contribution < 1.29 is 14.7 Å². The molecule has 1 unspecified atom stereocenters. The highest BCUT2D eigenvalue weighted by molar-refractivity contribution is 6.31. The lowest BCUT2D eigenvalue weighted by Crippen LogP contribution is -2.38. The molecule has 1 aliphatic heterocycles. The van der Waals surface area contributed by atoms with Gasteiger partial charge in [0.15, 0.2) is 0 Å². The second-order valence-corrected chi connectivity index (χ2v) is 6.88. The van der Waals surface area contributed by atoms with Crippen LogP contribution in [0.15, 0.2) is 18.2 Å². The minimum absolute atomic E-state index is 0.0269. The fourth-order valence-corrected chi connectivity index (χ4v) is 3.49. The lowest BCUT2D eigenvalue weighted by molar-refractivity contribution is -0.138. The van der Waals surface area contributed by atoms with Crippen molar-refractivity contribution in [1.82, 2.24) is 9.80 Å². The lowest BCUT2D eigenvalue weighted by Gasteiger charge is -2.25. The van der Waals surface area contributed by atoms with E-state index in [1.165, 1.54) is 0 Å². The summed E-state index contributed by atoms with van der Waals surface area (Å²) in [5.41, 5.74) is 1.75. The molecule has 1 aliphatic rings. The molecule has 2 rings (SSSR count). The minimum Gasteiger partial charge on any atom is -0.480 e. The number of nitrogens with zero attached hydrogens (tertiary/aromatic N) is 2. The van der Waals surface area contributed by atoms with Crippen molar-refractivity contribution in [1.29, 1.82) is 0 Å². The third-order valence-corrected chi connectivity index (χ3v) is 5.03. The summed E-state index contributed by atoms with van der Waals surface area (Å²) in [5.74, 6) is -0.825. The van der Waals surface area contributed by atoms with Gasteiger partial charge in [-0.25, -0.2) is 4.79 Å². The van der Waals surface area contributed by atoms with Crippen LogP contribution in [0.2, 0.25) is 5.02 Å². The first-order valence-electron chi connectivity index (χ1n) is 8.67. The van der Waals surface area contributed by atoms with E-state index in [2.05, 4.69) is 5.32 Å². The third kappa shape index (κ3) is 5.61. The quantitative estimate of drug-likeness (QED) is 0.837. The van der Waals surface area contributed by atoms with Crippen LogP contribution in [0, 0.1) is 0 Å². The van der Waals surface area contributed by atoms with Crippen LogP contribution >= 0.6 is 11.6 Å². The average molecular weight is 368 g/mol. The van der Waals surface area contributed by atoms with Gasteiger partial charge >= 0.3 is 12.0 Å². The number of likely N-dealkylation sites (tertiary alicyclic amines) is 1. The molecular weight excluding hydrogens is 342 g/mol.